The highest BCUT2D eigenvalue weighted by molar-refractivity contribution is 7.87. The molecule has 0 atom stereocenters. The van der Waals surface area contributed by atoms with Crippen molar-refractivity contribution in [1.82, 2.24) is 14.6 Å². The smallest absolute Gasteiger partial charge is 0.342 e. The van der Waals surface area contributed by atoms with Gasteiger partial charge in [0.25, 0.3) is 0 Å². The number of rotatable bonds is 5. The molecule has 26 heavy (non-hydrogen) atoms. The van der Waals surface area contributed by atoms with E-state index in [2.05, 4.69) is 14.8 Å². The van der Waals surface area contributed by atoms with Gasteiger partial charge in [-0.3, -0.25) is 4.79 Å². The van der Waals surface area contributed by atoms with Gasteiger partial charge in [0, 0.05) is 0 Å². The molecule has 0 bridgehead atoms. The lowest BCUT2D eigenvalue weighted by atomic mass is 10.1. The molecule has 0 saturated carbocycles. The first-order valence-electron chi connectivity index (χ1n) is 7.41. The summed E-state index contributed by atoms with van der Waals surface area (Å²) in [7, 11) is -2.81. The molecule has 1 aromatic carbocycles. The molecule has 3 aromatic rings. The van der Waals surface area contributed by atoms with E-state index in [-0.39, 0.29) is 23.0 Å². The first kappa shape index (κ1) is 18.2. The molecule has 8 nitrogen and oxygen atoms in total. The van der Waals surface area contributed by atoms with E-state index in [1.54, 1.807) is 19.1 Å². The van der Waals surface area contributed by atoms with Gasteiger partial charge < -0.3 is 8.92 Å². The molecule has 0 spiro atoms. The average molecular weight is 396 g/mol. The van der Waals surface area contributed by atoms with E-state index in [1.807, 2.05) is 0 Å². The van der Waals surface area contributed by atoms with Gasteiger partial charge in [-0.2, -0.15) is 13.5 Å². The lowest BCUT2D eigenvalue weighted by Gasteiger charge is -2.08. The Bertz CT molecular complexity index is 1080. The number of esters is 1. The van der Waals surface area contributed by atoms with Gasteiger partial charge in [-0.05, 0) is 24.6 Å². The van der Waals surface area contributed by atoms with E-state index in [4.69, 9.17) is 15.8 Å². The zero-order chi connectivity index (χ0) is 18.9. The van der Waals surface area contributed by atoms with E-state index in [0.717, 1.165) is 6.20 Å². The van der Waals surface area contributed by atoms with Crippen LogP contribution in [0.2, 0.25) is 5.02 Å². The van der Waals surface area contributed by atoms with Gasteiger partial charge >= 0.3 is 16.1 Å². The van der Waals surface area contributed by atoms with Crippen molar-refractivity contribution in [3.63, 3.8) is 0 Å². The largest absolute Gasteiger partial charge is 0.469 e. The molecule has 0 aliphatic rings. The van der Waals surface area contributed by atoms with Crippen LogP contribution >= 0.6 is 11.6 Å². The molecule has 2 heterocycles. The van der Waals surface area contributed by atoms with Crippen molar-refractivity contribution < 1.29 is 22.1 Å². The van der Waals surface area contributed by atoms with Crippen molar-refractivity contribution in [3.8, 4) is 5.75 Å². The fourth-order valence-corrected chi connectivity index (χ4v) is 3.25. The number of carbonyl (C=O) groups excluding carboxylic acids is 1. The number of ether oxygens (including phenoxy) is 1. The van der Waals surface area contributed by atoms with E-state index in [0.29, 0.717) is 21.9 Å². The number of carbonyl (C=O) groups is 1. The number of methoxy groups -OCH3 is 1. The van der Waals surface area contributed by atoms with Crippen LogP contribution in [0.3, 0.4) is 0 Å². The van der Waals surface area contributed by atoms with Crippen molar-refractivity contribution in [3.05, 3.63) is 52.9 Å². The summed E-state index contributed by atoms with van der Waals surface area (Å²) < 4.78 is 35.8. The third-order valence-electron chi connectivity index (χ3n) is 3.55. The molecule has 0 aliphatic heterocycles. The number of hydrogen-bond acceptors (Lipinski definition) is 7. The Hall–Kier alpha value is -2.65. The van der Waals surface area contributed by atoms with E-state index in [9.17, 15) is 13.2 Å². The van der Waals surface area contributed by atoms with Crippen LogP contribution in [0.25, 0.3) is 5.65 Å². The summed E-state index contributed by atoms with van der Waals surface area (Å²) in [5.41, 5.74) is 1.57. The fourth-order valence-electron chi connectivity index (χ4n) is 2.21. The Labute approximate surface area is 154 Å². The first-order valence-corrected chi connectivity index (χ1v) is 9.19. The standard InChI is InChI=1S/C16H14ClN3O5S/c1-10-15(17)16-18-8-13(9-20(16)19-10)26(22,23)25-12-5-3-11(4-6-12)7-14(21)24-2/h3-6,8-9H,7H2,1-2H3. The maximum Gasteiger partial charge on any atom is 0.342 e. The summed E-state index contributed by atoms with van der Waals surface area (Å²) in [6.07, 6.45) is 2.52. The number of aromatic nitrogens is 3. The summed E-state index contributed by atoms with van der Waals surface area (Å²) >= 11 is 6.04. The predicted octanol–water partition coefficient (Wildman–Crippen LogP) is 2.17. The quantitative estimate of drug-likeness (QED) is 0.482. The fraction of sp³-hybridized carbons (Fsp3) is 0.188. The maximum absolute atomic E-state index is 12.4. The summed E-state index contributed by atoms with van der Waals surface area (Å²) in [5, 5.41) is 4.46. The van der Waals surface area contributed by atoms with Crippen LogP contribution in [0, 0.1) is 6.92 Å². The summed E-state index contributed by atoms with van der Waals surface area (Å²) in [6.45, 7) is 1.69. The topological polar surface area (TPSA) is 99.9 Å². The molecular formula is C16H14ClN3O5S. The molecule has 10 heteroatoms. The SMILES string of the molecule is COC(=O)Cc1ccc(OS(=O)(=O)c2cnc3c(Cl)c(C)nn3c2)cc1. The van der Waals surface area contributed by atoms with Gasteiger partial charge in [0.15, 0.2) is 5.65 Å². The van der Waals surface area contributed by atoms with Crippen molar-refractivity contribution in [2.75, 3.05) is 7.11 Å². The van der Waals surface area contributed by atoms with Gasteiger partial charge in [-0.15, -0.1) is 0 Å². The number of nitrogens with zero attached hydrogens (tertiary/aromatic N) is 3. The average Bonchev–Trinajstić information content (AvgIpc) is 2.90. The lowest BCUT2D eigenvalue weighted by molar-refractivity contribution is -0.139. The third-order valence-corrected chi connectivity index (χ3v) is 5.19. The highest BCUT2D eigenvalue weighted by Crippen LogP contribution is 2.22. The Balaban J connectivity index is 1.83. The van der Waals surface area contributed by atoms with Crippen LogP contribution in [-0.4, -0.2) is 36.1 Å². The molecule has 0 fully saturated rings. The normalized spacial score (nSPS) is 11.5. The van der Waals surface area contributed by atoms with E-state index >= 15 is 0 Å². The van der Waals surface area contributed by atoms with Gasteiger partial charge in [-0.25, -0.2) is 9.50 Å². The van der Waals surface area contributed by atoms with Crippen molar-refractivity contribution >= 4 is 33.3 Å². The minimum absolute atomic E-state index is 0.0868. The van der Waals surface area contributed by atoms with Crippen LogP contribution in [0.1, 0.15) is 11.3 Å². The molecule has 0 unspecified atom stereocenters. The summed E-state index contributed by atoms with van der Waals surface area (Å²) in [5.74, 6) is -0.285. The summed E-state index contributed by atoms with van der Waals surface area (Å²) in [4.78, 5) is 15.1. The van der Waals surface area contributed by atoms with Crippen molar-refractivity contribution in [2.45, 2.75) is 18.2 Å². The highest BCUT2D eigenvalue weighted by Gasteiger charge is 2.20. The molecule has 0 saturated heterocycles. The second-order valence-corrected chi connectivity index (χ2v) is 7.32. The molecule has 0 aliphatic carbocycles. The monoisotopic (exact) mass is 395 g/mol. The number of benzene rings is 1. The molecule has 0 amide bonds. The number of fused-ring (bicyclic) bond motifs is 1. The van der Waals surface area contributed by atoms with Crippen molar-refractivity contribution in [2.24, 2.45) is 0 Å². The number of hydrogen-bond donors (Lipinski definition) is 0. The third kappa shape index (κ3) is 3.63. The second-order valence-electron chi connectivity index (χ2n) is 5.39. The molecular weight excluding hydrogens is 382 g/mol. The minimum atomic E-state index is -4.11. The maximum atomic E-state index is 12.4. The molecule has 0 N–H and O–H groups in total. The van der Waals surface area contributed by atoms with Gasteiger partial charge in [0.2, 0.25) is 0 Å². The lowest BCUT2D eigenvalue weighted by Crippen LogP contribution is -2.11. The first-order chi connectivity index (χ1) is 12.3. The van der Waals surface area contributed by atoms with Gasteiger partial charge in [0.05, 0.1) is 31.6 Å². The second kappa shape index (κ2) is 6.93. The number of halogens is 1. The van der Waals surface area contributed by atoms with Crippen LogP contribution in [0.5, 0.6) is 5.75 Å². The Morgan fingerprint density at radius 1 is 1.27 bits per heavy atom. The van der Waals surface area contributed by atoms with Crippen LogP contribution in [-0.2, 0) is 26.1 Å². The zero-order valence-corrected chi connectivity index (χ0v) is 15.4. The molecule has 2 aromatic heterocycles. The zero-order valence-electron chi connectivity index (χ0n) is 13.8. The van der Waals surface area contributed by atoms with Gasteiger partial charge in [-0.1, -0.05) is 23.7 Å². The van der Waals surface area contributed by atoms with Crippen LogP contribution in [0.4, 0.5) is 0 Å². The Morgan fingerprint density at radius 2 is 1.96 bits per heavy atom. The summed E-state index contributed by atoms with van der Waals surface area (Å²) in [6, 6.07) is 6.08. The Kier molecular flexibility index (Phi) is 4.84. The minimum Gasteiger partial charge on any atom is -0.469 e. The number of aryl methyl sites for hydroxylation is 1. The van der Waals surface area contributed by atoms with E-state index < -0.39 is 10.1 Å². The highest BCUT2D eigenvalue weighted by atomic mass is 35.5. The van der Waals surface area contributed by atoms with E-state index in [1.165, 1.54) is 30.0 Å². The predicted molar refractivity (Wildman–Crippen MR) is 92.7 cm³/mol. The molecule has 136 valence electrons. The van der Waals surface area contributed by atoms with Gasteiger partial charge in [0.1, 0.15) is 15.7 Å². The van der Waals surface area contributed by atoms with Crippen molar-refractivity contribution in [1.29, 1.82) is 0 Å². The Morgan fingerprint density at radius 3 is 2.62 bits per heavy atom. The molecule has 0 radical (unpaired) electrons. The van der Waals surface area contributed by atoms with Crippen LogP contribution < -0.4 is 4.18 Å². The molecule has 3 rings (SSSR count). The van der Waals surface area contributed by atoms with Crippen LogP contribution in [0.15, 0.2) is 41.6 Å².